The zero-order valence-corrected chi connectivity index (χ0v) is 9.30. The third kappa shape index (κ3) is 1.18. The van der Waals surface area contributed by atoms with Gasteiger partial charge in [0.05, 0.1) is 0 Å². The average molecular weight is 240 g/mol. The minimum Gasteiger partial charge on any atom is -0.375 e. The van der Waals surface area contributed by atoms with E-state index in [0.29, 0.717) is 5.13 Å². The van der Waals surface area contributed by atoms with Crippen LogP contribution in [0.3, 0.4) is 0 Å². The van der Waals surface area contributed by atoms with Gasteiger partial charge in [-0.3, -0.25) is 0 Å². The van der Waals surface area contributed by atoms with Gasteiger partial charge in [-0.15, -0.1) is 0 Å². The Morgan fingerprint density at radius 1 is 1.40 bits per heavy atom. The van der Waals surface area contributed by atoms with E-state index < -0.39 is 0 Å². The van der Waals surface area contributed by atoms with Crippen molar-refractivity contribution in [1.82, 2.24) is 19.5 Å². The molecule has 0 atom stereocenters. The molecule has 0 amide bonds. The highest BCUT2D eigenvalue weighted by Gasteiger charge is 2.18. The number of fused-ring (bicyclic) bond motifs is 3. The Labute approximate surface area is 93.9 Å². The van der Waals surface area contributed by atoms with Gasteiger partial charge in [0.1, 0.15) is 16.1 Å². The molecule has 76 valence electrons. The zero-order valence-electron chi connectivity index (χ0n) is 7.73. The van der Waals surface area contributed by atoms with Gasteiger partial charge >= 0.3 is 0 Å². The minimum absolute atomic E-state index is 0.254. The lowest BCUT2D eigenvalue weighted by atomic mass is 10.3. The second-order valence-corrected chi connectivity index (χ2v) is 4.54. The van der Waals surface area contributed by atoms with E-state index in [2.05, 4.69) is 15.0 Å². The molecule has 2 aliphatic heterocycles. The average Bonchev–Trinajstić information content (AvgIpc) is 2.68. The van der Waals surface area contributed by atoms with Crippen molar-refractivity contribution in [2.24, 2.45) is 7.05 Å². The number of anilines is 1. The summed E-state index contributed by atoms with van der Waals surface area (Å²) in [5, 5.41) is 0.775. The maximum Gasteiger partial charge on any atom is 0.223 e. The van der Waals surface area contributed by atoms with E-state index in [0.717, 1.165) is 21.7 Å². The van der Waals surface area contributed by atoms with Crippen LogP contribution < -0.4 is 5.73 Å². The lowest BCUT2D eigenvalue weighted by Crippen LogP contribution is -1.95. The highest BCUT2D eigenvalue weighted by Crippen LogP contribution is 2.34. The van der Waals surface area contributed by atoms with Gasteiger partial charge in [0.15, 0.2) is 10.8 Å². The van der Waals surface area contributed by atoms with E-state index in [4.69, 9.17) is 17.3 Å². The summed E-state index contributed by atoms with van der Waals surface area (Å²) >= 11 is 7.16. The maximum atomic E-state index is 5.76. The van der Waals surface area contributed by atoms with Crippen molar-refractivity contribution in [3.8, 4) is 11.4 Å². The van der Waals surface area contributed by atoms with Crippen LogP contribution in [0.15, 0.2) is 6.20 Å². The summed E-state index contributed by atoms with van der Waals surface area (Å²) in [5.74, 6) is 0. The van der Waals surface area contributed by atoms with Crippen LogP contribution in [0.4, 0.5) is 5.13 Å². The van der Waals surface area contributed by atoms with E-state index in [1.165, 1.54) is 11.3 Å². The third-order valence-corrected chi connectivity index (χ3v) is 3.20. The van der Waals surface area contributed by atoms with Crippen molar-refractivity contribution in [3.05, 3.63) is 11.5 Å². The van der Waals surface area contributed by atoms with Crippen molar-refractivity contribution < 1.29 is 0 Å². The van der Waals surface area contributed by atoms with Gasteiger partial charge in [0.25, 0.3) is 0 Å². The first-order valence-electron chi connectivity index (χ1n) is 4.20. The second kappa shape index (κ2) is 2.80. The molecule has 0 unspecified atom stereocenters. The number of pyridine rings is 1. The van der Waals surface area contributed by atoms with Crippen LogP contribution in [0.1, 0.15) is 0 Å². The van der Waals surface area contributed by atoms with E-state index in [1.54, 1.807) is 0 Å². The first kappa shape index (κ1) is 8.87. The van der Waals surface area contributed by atoms with Crippen molar-refractivity contribution in [2.45, 2.75) is 0 Å². The second-order valence-electron chi connectivity index (χ2n) is 3.17. The number of hydrogen-bond acceptors (Lipinski definition) is 5. The smallest absolute Gasteiger partial charge is 0.223 e. The van der Waals surface area contributed by atoms with Crippen molar-refractivity contribution in [3.63, 3.8) is 0 Å². The summed E-state index contributed by atoms with van der Waals surface area (Å²) in [4.78, 5) is 12.5. The van der Waals surface area contributed by atoms with Crippen LogP contribution in [-0.4, -0.2) is 19.5 Å². The largest absolute Gasteiger partial charge is 0.375 e. The van der Waals surface area contributed by atoms with Crippen LogP contribution in [0.2, 0.25) is 5.28 Å². The number of thiazole rings is 1. The van der Waals surface area contributed by atoms with Crippen LogP contribution in [-0.2, 0) is 7.05 Å². The number of nitrogens with two attached hydrogens (primary N) is 1. The molecule has 0 saturated carbocycles. The fourth-order valence-electron chi connectivity index (χ4n) is 1.55. The normalized spacial score (nSPS) is 11.6. The molecule has 0 fully saturated rings. The van der Waals surface area contributed by atoms with Crippen molar-refractivity contribution >= 4 is 38.4 Å². The highest BCUT2D eigenvalue weighted by atomic mass is 35.5. The standard InChI is InChI=1S/C8H6ClN5S/c1-14-2-3-4(12-7(9)11-3)5-6(14)13-8(10)15-5/h2H,1H3,(H2,10,13). The lowest BCUT2D eigenvalue weighted by Gasteiger charge is -2.02. The molecule has 1 aromatic heterocycles. The minimum atomic E-state index is 0.254. The van der Waals surface area contributed by atoms with E-state index >= 15 is 0 Å². The summed E-state index contributed by atoms with van der Waals surface area (Å²) in [6.07, 6.45) is 1.84. The molecular weight excluding hydrogens is 234 g/mol. The van der Waals surface area contributed by atoms with Crippen LogP contribution in [0.25, 0.3) is 21.7 Å². The number of aromatic nitrogens is 4. The lowest BCUT2D eigenvalue weighted by molar-refractivity contribution is 0.934. The molecule has 0 aromatic carbocycles. The van der Waals surface area contributed by atoms with Crippen LogP contribution >= 0.6 is 22.9 Å². The number of nitrogen functional groups attached to an aromatic ring is 1. The van der Waals surface area contributed by atoms with Gasteiger partial charge in [-0.25, -0.2) is 15.0 Å². The molecular formula is C8H6ClN5S. The number of nitrogens with zero attached hydrogens (tertiary/aromatic N) is 4. The Bertz CT molecular complexity index is 628. The van der Waals surface area contributed by atoms with E-state index in [1.807, 2.05) is 17.8 Å². The predicted octanol–water partition coefficient (Wildman–Crippen LogP) is 1.77. The third-order valence-electron chi connectivity index (χ3n) is 2.15. The van der Waals surface area contributed by atoms with Gasteiger partial charge in [0, 0.05) is 13.2 Å². The van der Waals surface area contributed by atoms with Crippen molar-refractivity contribution in [2.75, 3.05) is 5.73 Å². The van der Waals surface area contributed by atoms with Crippen molar-refractivity contribution in [1.29, 1.82) is 0 Å². The number of rotatable bonds is 0. The van der Waals surface area contributed by atoms with Gasteiger partial charge in [-0.1, -0.05) is 11.3 Å². The summed E-state index contributed by atoms with van der Waals surface area (Å²) < 4.78 is 2.79. The molecule has 3 rings (SSSR count). The molecule has 2 aliphatic rings. The Morgan fingerprint density at radius 3 is 3.00 bits per heavy atom. The molecule has 0 spiro atoms. The first-order valence-corrected chi connectivity index (χ1v) is 5.39. The Morgan fingerprint density at radius 2 is 2.20 bits per heavy atom. The molecule has 0 saturated heterocycles. The Kier molecular flexibility index (Phi) is 1.66. The van der Waals surface area contributed by atoms with Gasteiger partial charge in [-0.2, -0.15) is 0 Å². The number of imidazole rings is 1. The van der Waals surface area contributed by atoms with Crippen LogP contribution in [0.5, 0.6) is 0 Å². The first-order chi connectivity index (χ1) is 7.15. The Balaban J connectivity index is 2.55. The molecule has 3 heterocycles. The summed E-state index contributed by atoms with van der Waals surface area (Å²) in [5.41, 5.74) is 8.01. The monoisotopic (exact) mass is 239 g/mol. The van der Waals surface area contributed by atoms with E-state index in [-0.39, 0.29) is 5.28 Å². The Hall–Kier alpha value is -1.40. The molecule has 0 bridgehead atoms. The summed E-state index contributed by atoms with van der Waals surface area (Å²) in [6, 6.07) is 0. The zero-order chi connectivity index (χ0) is 10.6. The molecule has 0 aliphatic carbocycles. The number of aryl methyl sites for hydroxylation is 1. The fraction of sp³-hybridized carbons (Fsp3) is 0.125. The maximum absolute atomic E-state index is 5.76. The predicted molar refractivity (Wildman–Crippen MR) is 60.2 cm³/mol. The van der Waals surface area contributed by atoms with Gasteiger partial charge < -0.3 is 10.3 Å². The SMILES string of the molecule is Cn1cc2nc(Cl)nc-2c2sc(N)nc21. The molecule has 1 aromatic rings. The van der Waals surface area contributed by atoms with Crippen LogP contribution in [0, 0.1) is 0 Å². The molecule has 2 N–H and O–H groups in total. The molecule has 15 heavy (non-hydrogen) atoms. The van der Waals surface area contributed by atoms with Gasteiger partial charge in [-0.05, 0) is 11.6 Å². The highest BCUT2D eigenvalue weighted by molar-refractivity contribution is 7.22. The van der Waals surface area contributed by atoms with E-state index in [9.17, 15) is 0 Å². The topological polar surface area (TPSA) is 69.6 Å². The fourth-order valence-corrected chi connectivity index (χ4v) is 2.59. The summed E-state index contributed by atoms with van der Waals surface area (Å²) in [7, 11) is 1.89. The summed E-state index contributed by atoms with van der Waals surface area (Å²) in [6.45, 7) is 0. The number of halogens is 1. The quantitative estimate of drug-likeness (QED) is 0.649. The molecule has 7 heteroatoms. The number of hydrogen-bond donors (Lipinski definition) is 1. The van der Waals surface area contributed by atoms with Gasteiger partial charge in [0.2, 0.25) is 5.28 Å². The molecule has 0 radical (unpaired) electrons. The molecule has 5 nitrogen and oxygen atoms in total.